The van der Waals surface area contributed by atoms with Gasteiger partial charge in [-0.25, -0.2) is 8.42 Å². The van der Waals surface area contributed by atoms with E-state index in [-0.39, 0.29) is 36.2 Å². The van der Waals surface area contributed by atoms with Gasteiger partial charge in [-0.15, -0.1) is 0 Å². The van der Waals surface area contributed by atoms with Gasteiger partial charge in [0.25, 0.3) is 0 Å². The molecule has 0 heterocycles. The number of sulfonamides is 1. The van der Waals surface area contributed by atoms with E-state index < -0.39 is 10.0 Å². The molecule has 0 bridgehead atoms. The number of nitrogens with zero attached hydrogens (tertiary/aromatic N) is 1. The number of aliphatic hydroxyl groups is 1. The van der Waals surface area contributed by atoms with Gasteiger partial charge in [0.1, 0.15) is 5.75 Å². The summed E-state index contributed by atoms with van der Waals surface area (Å²) in [6.45, 7) is 0.119. The first-order chi connectivity index (χ1) is 9.47. The van der Waals surface area contributed by atoms with E-state index in [1.807, 2.05) is 0 Å². The zero-order valence-electron chi connectivity index (χ0n) is 11.4. The summed E-state index contributed by atoms with van der Waals surface area (Å²) in [5.41, 5.74) is 0. The van der Waals surface area contributed by atoms with Crippen LogP contribution in [0.15, 0.2) is 23.1 Å². The lowest BCUT2D eigenvalue weighted by Crippen LogP contribution is -2.36. The van der Waals surface area contributed by atoms with Gasteiger partial charge in [-0.2, -0.15) is 4.31 Å². The molecule has 1 aromatic carbocycles. The van der Waals surface area contributed by atoms with E-state index in [0.717, 1.165) is 4.31 Å². The minimum atomic E-state index is -3.73. The lowest BCUT2D eigenvalue weighted by Gasteiger charge is -2.21. The number of benzene rings is 1. The molecule has 0 aromatic heterocycles. The maximum atomic E-state index is 12.4. The minimum Gasteiger partial charge on any atom is -0.495 e. The number of halogens is 1. The normalized spacial score (nSPS) is 11.8. The quantitative estimate of drug-likeness (QED) is 0.771. The van der Waals surface area contributed by atoms with Gasteiger partial charge in [-0.1, -0.05) is 11.6 Å². The average Bonchev–Trinajstić information content (AvgIpc) is 2.43. The van der Waals surface area contributed by atoms with Crippen LogP contribution < -0.4 is 4.74 Å². The van der Waals surface area contributed by atoms with Crippen molar-refractivity contribution in [2.24, 2.45) is 0 Å². The summed E-state index contributed by atoms with van der Waals surface area (Å²) in [6.07, 6.45) is 0. The summed E-state index contributed by atoms with van der Waals surface area (Å²) in [7, 11) is -0.799. The van der Waals surface area contributed by atoms with Crippen LogP contribution in [0.3, 0.4) is 0 Å². The Morgan fingerprint density at radius 1 is 1.30 bits per heavy atom. The highest BCUT2D eigenvalue weighted by Gasteiger charge is 2.24. The van der Waals surface area contributed by atoms with Crippen LogP contribution in [0.2, 0.25) is 5.02 Å². The molecule has 20 heavy (non-hydrogen) atoms. The second-order valence-corrected chi connectivity index (χ2v) is 6.26. The highest BCUT2D eigenvalue weighted by molar-refractivity contribution is 7.89. The fourth-order valence-corrected chi connectivity index (χ4v) is 3.38. The maximum absolute atomic E-state index is 12.4. The fourth-order valence-electron chi connectivity index (χ4n) is 1.61. The van der Waals surface area contributed by atoms with Crippen molar-refractivity contribution < 1.29 is 23.0 Å². The molecule has 0 unspecified atom stereocenters. The first-order valence-corrected chi connectivity index (χ1v) is 7.72. The highest BCUT2D eigenvalue weighted by Crippen LogP contribution is 2.28. The highest BCUT2D eigenvalue weighted by atomic mass is 35.5. The van der Waals surface area contributed by atoms with Crippen molar-refractivity contribution in [2.75, 3.05) is 40.5 Å². The Morgan fingerprint density at radius 3 is 2.50 bits per heavy atom. The Morgan fingerprint density at radius 2 is 2.00 bits per heavy atom. The molecule has 0 saturated carbocycles. The molecule has 1 aromatic rings. The Hall–Kier alpha value is -0.860. The van der Waals surface area contributed by atoms with Crippen LogP contribution in [0.1, 0.15) is 0 Å². The van der Waals surface area contributed by atoms with Crippen molar-refractivity contribution >= 4 is 21.6 Å². The molecule has 1 N–H and O–H groups in total. The predicted octanol–water partition coefficient (Wildman–Crippen LogP) is 0.978. The van der Waals surface area contributed by atoms with E-state index in [0.29, 0.717) is 5.75 Å². The number of methoxy groups -OCH3 is 2. The van der Waals surface area contributed by atoms with Crippen molar-refractivity contribution in [3.63, 3.8) is 0 Å². The average molecular weight is 324 g/mol. The fraction of sp³-hybridized carbons (Fsp3) is 0.500. The second-order valence-electron chi connectivity index (χ2n) is 3.92. The van der Waals surface area contributed by atoms with Crippen LogP contribution in [0, 0.1) is 0 Å². The smallest absolute Gasteiger partial charge is 0.243 e. The van der Waals surface area contributed by atoms with Gasteiger partial charge >= 0.3 is 0 Å². The minimum absolute atomic E-state index is 0.00462. The van der Waals surface area contributed by atoms with Crippen molar-refractivity contribution in [1.82, 2.24) is 4.31 Å². The van der Waals surface area contributed by atoms with E-state index in [9.17, 15) is 8.42 Å². The topological polar surface area (TPSA) is 76.1 Å². The largest absolute Gasteiger partial charge is 0.495 e. The third-order valence-corrected chi connectivity index (χ3v) is 4.85. The van der Waals surface area contributed by atoms with E-state index >= 15 is 0 Å². The molecule has 114 valence electrons. The van der Waals surface area contributed by atoms with Crippen LogP contribution in [0.25, 0.3) is 0 Å². The van der Waals surface area contributed by atoms with Crippen molar-refractivity contribution in [1.29, 1.82) is 0 Å². The van der Waals surface area contributed by atoms with Crippen LogP contribution >= 0.6 is 11.6 Å². The molecule has 0 fully saturated rings. The van der Waals surface area contributed by atoms with E-state index in [4.69, 9.17) is 26.2 Å². The number of aliphatic hydroxyl groups excluding tert-OH is 1. The molecule has 0 radical (unpaired) electrons. The standard InChI is InChI=1S/C12H18ClNO5S/c1-18-8-6-14(5-7-15)20(16,17)10-3-4-12(19-2)11(13)9-10/h3-4,9,15H,5-8H2,1-2H3. The molecule has 0 amide bonds. The Kier molecular flexibility index (Phi) is 6.70. The Bertz CT molecular complexity index is 535. The summed E-state index contributed by atoms with van der Waals surface area (Å²) < 4.78 is 35.9. The number of rotatable bonds is 8. The molecule has 0 spiro atoms. The lowest BCUT2D eigenvalue weighted by atomic mass is 10.3. The van der Waals surface area contributed by atoms with Gasteiger partial charge in [0.05, 0.1) is 30.2 Å². The third-order valence-electron chi connectivity index (χ3n) is 2.66. The number of hydrogen-bond acceptors (Lipinski definition) is 5. The zero-order chi connectivity index (χ0) is 15.2. The molecular formula is C12H18ClNO5S. The van der Waals surface area contributed by atoms with Crippen LogP contribution in [0.4, 0.5) is 0 Å². The SMILES string of the molecule is COCCN(CCO)S(=O)(=O)c1ccc(OC)c(Cl)c1. The first kappa shape index (κ1) is 17.2. The molecular weight excluding hydrogens is 306 g/mol. The molecule has 8 heteroatoms. The summed E-state index contributed by atoms with van der Waals surface area (Å²) in [4.78, 5) is 0.0489. The molecule has 0 aliphatic carbocycles. The van der Waals surface area contributed by atoms with Gasteiger partial charge in [-0.3, -0.25) is 0 Å². The van der Waals surface area contributed by atoms with Gasteiger partial charge in [-0.05, 0) is 18.2 Å². The van der Waals surface area contributed by atoms with Gasteiger partial charge < -0.3 is 14.6 Å². The van der Waals surface area contributed by atoms with Crippen molar-refractivity contribution in [2.45, 2.75) is 4.90 Å². The van der Waals surface area contributed by atoms with E-state index in [1.54, 1.807) is 0 Å². The van der Waals surface area contributed by atoms with Crippen LogP contribution in [-0.2, 0) is 14.8 Å². The third kappa shape index (κ3) is 4.07. The number of ether oxygens (including phenoxy) is 2. The van der Waals surface area contributed by atoms with E-state index in [1.165, 1.54) is 32.4 Å². The molecule has 6 nitrogen and oxygen atoms in total. The van der Waals surface area contributed by atoms with Crippen LogP contribution in [0.5, 0.6) is 5.75 Å². The molecule has 0 aliphatic heterocycles. The lowest BCUT2D eigenvalue weighted by molar-refractivity contribution is 0.168. The Balaban J connectivity index is 3.08. The van der Waals surface area contributed by atoms with Gasteiger partial charge in [0.15, 0.2) is 0 Å². The summed E-state index contributed by atoms with van der Waals surface area (Å²) >= 11 is 5.94. The molecule has 0 aliphatic rings. The van der Waals surface area contributed by atoms with E-state index in [2.05, 4.69) is 0 Å². The zero-order valence-corrected chi connectivity index (χ0v) is 12.9. The first-order valence-electron chi connectivity index (χ1n) is 5.91. The molecule has 0 atom stereocenters. The Labute approximate surface area is 123 Å². The molecule has 0 saturated heterocycles. The summed E-state index contributed by atoms with van der Waals surface area (Å²) in [5.74, 6) is 0.399. The predicted molar refractivity (Wildman–Crippen MR) is 75.7 cm³/mol. The van der Waals surface area contributed by atoms with Crippen LogP contribution in [-0.4, -0.2) is 58.4 Å². The second kappa shape index (κ2) is 7.80. The summed E-state index contributed by atoms with van der Waals surface area (Å²) in [5, 5.41) is 9.20. The monoisotopic (exact) mass is 323 g/mol. The summed E-state index contributed by atoms with van der Waals surface area (Å²) in [6, 6.07) is 4.23. The number of hydrogen-bond donors (Lipinski definition) is 1. The van der Waals surface area contributed by atoms with Gasteiger partial charge in [0, 0.05) is 20.2 Å². The molecule has 1 rings (SSSR count). The van der Waals surface area contributed by atoms with Crippen molar-refractivity contribution in [3.05, 3.63) is 23.2 Å². The van der Waals surface area contributed by atoms with Crippen molar-refractivity contribution in [3.8, 4) is 5.75 Å². The van der Waals surface area contributed by atoms with Gasteiger partial charge in [0.2, 0.25) is 10.0 Å². The maximum Gasteiger partial charge on any atom is 0.243 e.